The average molecular weight is 368 g/mol. The number of hydrogen-bond acceptors (Lipinski definition) is 4. The lowest BCUT2D eigenvalue weighted by Gasteiger charge is -2.26. The molecule has 0 aliphatic carbocycles. The lowest BCUT2D eigenvalue weighted by atomic mass is 10.2. The fourth-order valence-corrected chi connectivity index (χ4v) is 4.42. The molecule has 0 bridgehead atoms. The topological polar surface area (TPSA) is 95.0 Å². The summed E-state index contributed by atoms with van der Waals surface area (Å²) in [5.41, 5.74) is 0.255. The van der Waals surface area contributed by atoms with E-state index in [2.05, 4.69) is 0 Å². The van der Waals surface area contributed by atoms with Crippen LogP contribution in [-0.4, -0.2) is 60.8 Å². The molecule has 1 fully saturated rings. The summed E-state index contributed by atoms with van der Waals surface area (Å²) in [4.78, 5) is 24.8. The van der Waals surface area contributed by atoms with E-state index in [-0.39, 0.29) is 29.3 Å². The fraction of sp³-hybridized carbons (Fsp3) is 0.529. The fourth-order valence-electron chi connectivity index (χ4n) is 2.86. The third-order valence-corrected chi connectivity index (χ3v) is 6.19. The molecule has 0 spiro atoms. The van der Waals surface area contributed by atoms with Crippen molar-refractivity contribution in [2.75, 3.05) is 26.2 Å². The van der Waals surface area contributed by atoms with Gasteiger partial charge in [-0.05, 0) is 38.0 Å². The Kier molecular flexibility index (Phi) is 6.55. The van der Waals surface area contributed by atoms with Crippen LogP contribution >= 0.6 is 0 Å². The minimum Gasteiger partial charge on any atom is -0.481 e. The molecule has 0 unspecified atom stereocenters. The standard InChI is InChI=1S/C17H24N2O5S/c1-2-18(12-9-16(20)21)17(22)14-7-6-8-15(13-14)25(23,24)19-10-4-3-5-11-19/h6-8,13H,2-5,9-12H2,1H3,(H,20,21). The largest absolute Gasteiger partial charge is 0.481 e. The van der Waals surface area contributed by atoms with Crippen molar-refractivity contribution in [2.45, 2.75) is 37.5 Å². The van der Waals surface area contributed by atoms with E-state index in [0.29, 0.717) is 19.6 Å². The number of amides is 1. The molecule has 8 heteroatoms. The van der Waals surface area contributed by atoms with Crippen LogP contribution in [0.5, 0.6) is 0 Å². The van der Waals surface area contributed by atoms with Gasteiger partial charge in [-0.1, -0.05) is 12.5 Å². The molecule has 1 saturated heterocycles. The average Bonchev–Trinajstić information content (AvgIpc) is 2.62. The molecule has 1 heterocycles. The Hall–Kier alpha value is -1.93. The number of piperidine rings is 1. The third-order valence-electron chi connectivity index (χ3n) is 4.30. The van der Waals surface area contributed by atoms with Gasteiger partial charge < -0.3 is 10.0 Å². The summed E-state index contributed by atoms with van der Waals surface area (Å²) in [5.74, 6) is -1.34. The van der Waals surface area contributed by atoms with Crippen molar-refractivity contribution in [3.8, 4) is 0 Å². The number of carbonyl (C=O) groups excluding carboxylic acids is 1. The molecule has 1 aromatic carbocycles. The van der Waals surface area contributed by atoms with Gasteiger partial charge in [0.2, 0.25) is 10.0 Å². The third kappa shape index (κ3) is 4.79. The number of aliphatic carboxylic acids is 1. The molecular weight excluding hydrogens is 344 g/mol. The van der Waals surface area contributed by atoms with E-state index < -0.39 is 16.0 Å². The minimum atomic E-state index is -3.61. The predicted molar refractivity (Wildman–Crippen MR) is 92.9 cm³/mol. The van der Waals surface area contributed by atoms with Crippen molar-refractivity contribution in [2.24, 2.45) is 0 Å². The van der Waals surface area contributed by atoms with E-state index in [4.69, 9.17) is 5.11 Å². The van der Waals surface area contributed by atoms with Crippen LogP contribution in [0, 0.1) is 0 Å². The second-order valence-corrected chi connectivity index (χ2v) is 7.96. The number of carboxylic acids is 1. The summed E-state index contributed by atoms with van der Waals surface area (Å²) in [5, 5.41) is 8.78. The van der Waals surface area contributed by atoms with Crippen molar-refractivity contribution in [3.63, 3.8) is 0 Å². The van der Waals surface area contributed by atoms with Crippen LogP contribution in [0.25, 0.3) is 0 Å². The van der Waals surface area contributed by atoms with Gasteiger partial charge in [0, 0.05) is 31.7 Å². The van der Waals surface area contributed by atoms with Gasteiger partial charge in [-0.25, -0.2) is 8.42 Å². The van der Waals surface area contributed by atoms with Crippen molar-refractivity contribution >= 4 is 21.9 Å². The molecule has 1 aliphatic rings. The Labute approximate surface area is 148 Å². The minimum absolute atomic E-state index is 0.0910. The Morgan fingerprint density at radius 1 is 1.20 bits per heavy atom. The van der Waals surface area contributed by atoms with Crippen molar-refractivity contribution in [1.29, 1.82) is 0 Å². The highest BCUT2D eigenvalue weighted by Crippen LogP contribution is 2.21. The molecule has 0 radical (unpaired) electrons. The zero-order valence-corrected chi connectivity index (χ0v) is 15.2. The van der Waals surface area contributed by atoms with Crippen LogP contribution in [-0.2, 0) is 14.8 Å². The number of benzene rings is 1. The first kappa shape index (κ1) is 19.4. The molecule has 0 atom stereocenters. The van der Waals surface area contributed by atoms with Gasteiger partial charge in [0.1, 0.15) is 0 Å². The summed E-state index contributed by atoms with van der Waals surface area (Å²) in [7, 11) is -3.61. The summed E-state index contributed by atoms with van der Waals surface area (Å²) in [6, 6.07) is 5.99. The zero-order valence-electron chi connectivity index (χ0n) is 14.3. The molecule has 25 heavy (non-hydrogen) atoms. The maximum absolute atomic E-state index is 12.7. The van der Waals surface area contributed by atoms with Crippen LogP contribution in [0.3, 0.4) is 0 Å². The Balaban J connectivity index is 2.22. The summed E-state index contributed by atoms with van der Waals surface area (Å²) < 4.78 is 26.9. The summed E-state index contributed by atoms with van der Waals surface area (Å²) >= 11 is 0. The zero-order chi connectivity index (χ0) is 18.4. The summed E-state index contributed by atoms with van der Waals surface area (Å²) in [6.45, 7) is 3.21. The number of nitrogens with zero attached hydrogens (tertiary/aromatic N) is 2. The van der Waals surface area contributed by atoms with Crippen LogP contribution in [0.4, 0.5) is 0 Å². The van der Waals surface area contributed by atoms with Gasteiger partial charge in [0.05, 0.1) is 11.3 Å². The monoisotopic (exact) mass is 368 g/mol. The number of carboxylic acid groups (broad SMARTS) is 1. The van der Waals surface area contributed by atoms with Crippen LogP contribution in [0.1, 0.15) is 43.0 Å². The van der Waals surface area contributed by atoms with E-state index in [9.17, 15) is 18.0 Å². The molecule has 7 nitrogen and oxygen atoms in total. The first-order valence-electron chi connectivity index (χ1n) is 8.47. The van der Waals surface area contributed by atoms with E-state index in [1.807, 2.05) is 0 Å². The van der Waals surface area contributed by atoms with Crippen molar-refractivity contribution in [3.05, 3.63) is 29.8 Å². The van der Waals surface area contributed by atoms with Gasteiger partial charge in [-0.2, -0.15) is 4.31 Å². The lowest BCUT2D eigenvalue weighted by Crippen LogP contribution is -2.36. The summed E-state index contributed by atoms with van der Waals surface area (Å²) in [6.07, 6.45) is 2.57. The van der Waals surface area contributed by atoms with E-state index in [0.717, 1.165) is 19.3 Å². The van der Waals surface area contributed by atoms with Gasteiger partial charge in [0.25, 0.3) is 5.91 Å². The maximum atomic E-state index is 12.7. The first-order valence-corrected chi connectivity index (χ1v) is 9.91. The Bertz CT molecular complexity index is 726. The second kappa shape index (κ2) is 8.44. The molecule has 1 N–H and O–H groups in total. The Morgan fingerprint density at radius 2 is 1.88 bits per heavy atom. The molecule has 1 amide bonds. The van der Waals surface area contributed by atoms with Gasteiger partial charge in [0.15, 0.2) is 0 Å². The normalized spacial score (nSPS) is 15.7. The lowest BCUT2D eigenvalue weighted by molar-refractivity contribution is -0.137. The quantitative estimate of drug-likeness (QED) is 0.792. The Morgan fingerprint density at radius 3 is 2.48 bits per heavy atom. The van der Waals surface area contributed by atoms with Crippen LogP contribution in [0.2, 0.25) is 0 Å². The van der Waals surface area contributed by atoms with Gasteiger partial charge in [-0.3, -0.25) is 9.59 Å². The SMILES string of the molecule is CCN(CCC(=O)O)C(=O)c1cccc(S(=O)(=O)N2CCCCC2)c1. The number of rotatable bonds is 7. The second-order valence-electron chi connectivity index (χ2n) is 6.02. The number of carbonyl (C=O) groups is 2. The predicted octanol–water partition coefficient (Wildman–Crippen LogP) is 1.80. The highest BCUT2D eigenvalue weighted by Gasteiger charge is 2.27. The van der Waals surface area contributed by atoms with E-state index >= 15 is 0 Å². The van der Waals surface area contributed by atoms with E-state index in [1.54, 1.807) is 19.1 Å². The molecule has 2 rings (SSSR count). The number of sulfonamides is 1. The van der Waals surface area contributed by atoms with Crippen molar-refractivity contribution < 1.29 is 23.1 Å². The highest BCUT2D eigenvalue weighted by atomic mass is 32.2. The number of hydrogen-bond donors (Lipinski definition) is 1. The first-order chi connectivity index (χ1) is 11.9. The molecule has 138 valence electrons. The molecular formula is C17H24N2O5S. The van der Waals surface area contributed by atoms with Crippen LogP contribution < -0.4 is 0 Å². The molecule has 0 aromatic heterocycles. The molecule has 1 aromatic rings. The molecule has 1 aliphatic heterocycles. The molecule has 0 saturated carbocycles. The highest BCUT2D eigenvalue weighted by molar-refractivity contribution is 7.89. The maximum Gasteiger partial charge on any atom is 0.305 e. The van der Waals surface area contributed by atoms with Crippen molar-refractivity contribution in [1.82, 2.24) is 9.21 Å². The van der Waals surface area contributed by atoms with Crippen LogP contribution in [0.15, 0.2) is 29.2 Å². The van der Waals surface area contributed by atoms with Gasteiger partial charge in [-0.15, -0.1) is 0 Å². The smallest absolute Gasteiger partial charge is 0.305 e. The van der Waals surface area contributed by atoms with E-state index in [1.165, 1.54) is 21.3 Å². The van der Waals surface area contributed by atoms with Gasteiger partial charge >= 0.3 is 5.97 Å².